The number of nitrogens with one attached hydrogen (secondary N) is 2. The third kappa shape index (κ3) is 5.55. The third-order valence-electron chi connectivity index (χ3n) is 3.65. The Morgan fingerprint density at radius 2 is 1.61 bits per heavy atom. The monoisotopic (exact) mass is 399 g/mol. The lowest BCUT2D eigenvalue weighted by molar-refractivity contribution is -0.117. The number of hydrazine groups is 1. The van der Waals surface area contributed by atoms with Crippen molar-refractivity contribution in [3.8, 4) is 11.5 Å². The third-order valence-corrected chi connectivity index (χ3v) is 3.84. The van der Waals surface area contributed by atoms with E-state index >= 15 is 0 Å². The normalized spacial score (nSPS) is 10.2. The molecule has 2 aromatic rings. The fourth-order valence-corrected chi connectivity index (χ4v) is 2.58. The molecular weight excluding hydrogens is 378 g/mol. The van der Waals surface area contributed by atoms with Gasteiger partial charge in [-0.15, -0.1) is 0 Å². The fraction of sp³-hybridized carbons (Fsp3) is 0.150. The molecule has 2 rings (SSSR count). The number of amides is 2. The van der Waals surface area contributed by atoms with Crippen molar-refractivity contribution in [3.05, 3.63) is 60.2 Å². The van der Waals surface area contributed by atoms with Gasteiger partial charge in [-0.25, -0.2) is 5.01 Å². The number of nitrogens with zero attached hydrogens (tertiary/aromatic N) is 1. The first-order chi connectivity index (χ1) is 13.5. The van der Waals surface area contributed by atoms with Crippen LogP contribution < -0.4 is 25.2 Å². The summed E-state index contributed by atoms with van der Waals surface area (Å²) in [4.78, 5) is 24.1. The molecule has 0 fully saturated rings. The minimum absolute atomic E-state index is 0.0132. The zero-order valence-corrected chi connectivity index (χ0v) is 16.6. The van der Waals surface area contributed by atoms with Crippen molar-refractivity contribution >= 4 is 40.9 Å². The van der Waals surface area contributed by atoms with Crippen LogP contribution in [-0.4, -0.2) is 31.1 Å². The molecule has 0 saturated heterocycles. The maximum absolute atomic E-state index is 12.2. The summed E-state index contributed by atoms with van der Waals surface area (Å²) >= 11 is 5.13. The van der Waals surface area contributed by atoms with Crippen molar-refractivity contribution in [3.63, 3.8) is 0 Å². The van der Waals surface area contributed by atoms with Gasteiger partial charge in [-0.3, -0.25) is 20.3 Å². The summed E-state index contributed by atoms with van der Waals surface area (Å²) in [6.07, 6.45) is 2.87. The predicted octanol–water partition coefficient (Wildman–Crippen LogP) is 2.68. The standard InChI is InChI=1S/C20H21N3O4S/c1-14(24)23(15-8-5-4-6-9-15)22-20(28)21-19(25)13-12-16-17(26-2)10-7-11-18(16)27-3/h4-13H,1-3H3,(H2,21,22,25,28). The molecule has 0 spiro atoms. The van der Waals surface area contributed by atoms with Crippen LogP contribution in [-0.2, 0) is 9.59 Å². The van der Waals surface area contributed by atoms with E-state index < -0.39 is 5.91 Å². The highest BCUT2D eigenvalue weighted by Gasteiger charge is 2.13. The predicted molar refractivity (Wildman–Crippen MR) is 112 cm³/mol. The Morgan fingerprint density at radius 3 is 2.14 bits per heavy atom. The summed E-state index contributed by atoms with van der Waals surface area (Å²) in [6.45, 7) is 1.39. The number of thiocarbonyl (C=S) groups is 1. The maximum Gasteiger partial charge on any atom is 0.250 e. The molecule has 8 heteroatoms. The number of rotatable bonds is 5. The van der Waals surface area contributed by atoms with Gasteiger partial charge in [0.05, 0.1) is 25.5 Å². The smallest absolute Gasteiger partial charge is 0.250 e. The Hall–Kier alpha value is -3.39. The lowest BCUT2D eigenvalue weighted by Crippen LogP contribution is -2.50. The maximum atomic E-state index is 12.2. The molecule has 0 radical (unpaired) electrons. The molecule has 0 heterocycles. The minimum Gasteiger partial charge on any atom is -0.496 e. The molecule has 0 aliphatic carbocycles. The van der Waals surface area contributed by atoms with Gasteiger partial charge in [-0.05, 0) is 42.6 Å². The Labute approximate surface area is 168 Å². The largest absolute Gasteiger partial charge is 0.496 e. The van der Waals surface area contributed by atoms with Gasteiger partial charge in [0, 0.05) is 13.0 Å². The highest BCUT2D eigenvalue weighted by Crippen LogP contribution is 2.29. The van der Waals surface area contributed by atoms with Gasteiger partial charge >= 0.3 is 0 Å². The van der Waals surface area contributed by atoms with Crippen molar-refractivity contribution in [2.45, 2.75) is 6.92 Å². The molecule has 0 saturated carbocycles. The molecule has 2 aromatic carbocycles. The number of ether oxygens (including phenoxy) is 2. The van der Waals surface area contributed by atoms with E-state index in [0.717, 1.165) is 0 Å². The van der Waals surface area contributed by atoms with Crippen LogP contribution in [0.25, 0.3) is 6.08 Å². The van der Waals surface area contributed by atoms with Crippen LogP contribution in [0.2, 0.25) is 0 Å². The molecule has 2 amide bonds. The Morgan fingerprint density at radius 1 is 1.00 bits per heavy atom. The molecule has 0 aromatic heterocycles. The number of benzene rings is 2. The molecule has 0 unspecified atom stereocenters. The summed E-state index contributed by atoms with van der Waals surface area (Å²) in [5.41, 5.74) is 3.93. The number of para-hydroxylation sites is 1. The zero-order chi connectivity index (χ0) is 20.5. The number of hydrogen-bond donors (Lipinski definition) is 2. The van der Waals surface area contributed by atoms with Gasteiger partial charge in [0.25, 0.3) is 0 Å². The Balaban J connectivity index is 2.06. The van der Waals surface area contributed by atoms with Gasteiger partial charge in [-0.1, -0.05) is 24.3 Å². The number of carbonyl (C=O) groups excluding carboxylic acids is 2. The second kappa shape index (κ2) is 10.1. The van der Waals surface area contributed by atoms with E-state index in [1.54, 1.807) is 48.5 Å². The van der Waals surface area contributed by atoms with Crippen LogP contribution >= 0.6 is 12.2 Å². The number of hydrogen-bond acceptors (Lipinski definition) is 5. The molecule has 146 valence electrons. The Bertz CT molecular complexity index is 862. The van der Waals surface area contributed by atoms with Crippen LogP contribution in [0, 0.1) is 0 Å². The van der Waals surface area contributed by atoms with Crippen molar-refractivity contribution in [1.82, 2.24) is 10.7 Å². The molecule has 0 aliphatic heterocycles. The number of anilines is 1. The topological polar surface area (TPSA) is 79.9 Å². The van der Waals surface area contributed by atoms with E-state index in [0.29, 0.717) is 22.7 Å². The van der Waals surface area contributed by atoms with Crippen LogP contribution in [0.1, 0.15) is 12.5 Å². The van der Waals surface area contributed by atoms with Gasteiger partial charge < -0.3 is 9.47 Å². The highest BCUT2D eigenvalue weighted by molar-refractivity contribution is 7.80. The lowest BCUT2D eigenvalue weighted by atomic mass is 10.1. The van der Waals surface area contributed by atoms with E-state index in [2.05, 4.69) is 10.7 Å². The fourth-order valence-electron chi connectivity index (χ4n) is 2.39. The molecular formula is C20H21N3O4S. The van der Waals surface area contributed by atoms with E-state index in [-0.39, 0.29) is 11.0 Å². The van der Waals surface area contributed by atoms with Gasteiger partial charge in [-0.2, -0.15) is 0 Å². The zero-order valence-electron chi connectivity index (χ0n) is 15.8. The average molecular weight is 399 g/mol. The van der Waals surface area contributed by atoms with Crippen LogP contribution in [0.5, 0.6) is 11.5 Å². The van der Waals surface area contributed by atoms with Gasteiger partial charge in [0.1, 0.15) is 11.5 Å². The number of carbonyl (C=O) groups is 2. The van der Waals surface area contributed by atoms with E-state index in [1.165, 1.54) is 32.2 Å². The van der Waals surface area contributed by atoms with Crippen molar-refractivity contribution < 1.29 is 19.1 Å². The molecule has 7 nitrogen and oxygen atoms in total. The van der Waals surface area contributed by atoms with Crippen LogP contribution in [0.15, 0.2) is 54.6 Å². The van der Waals surface area contributed by atoms with E-state index in [9.17, 15) is 9.59 Å². The summed E-state index contributed by atoms with van der Waals surface area (Å²) in [5.74, 6) is 0.381. The second-order valence-electron chi connectivity index (χ2n) is 5.53. The highest BCUT2D eigenvalue weighted by atomic mass is 32.1. The minimum atomic E-state index is -0.470. The summed E-state index contributed by atoms with van der Waals surface area (Å²) in [6, 6.07) is 14.2. The first-order valence-electron chi connectivity index (χ1n) is 8.32. The summed E-state index contributed by atoms with van der Waals surface area (Å²) < 4.78 is 10.6. The quantitative estimate of drug-likeness (QED) is 0.457. The lowest BCUT2D eigenvalue weighted by Gasteiger charge is -2.23. The number of methoxy groups -OCH3 is 2. The van der Waals surface area contributed by atoms with Crippen molar-refractivity contribution in [1.29, 1.82) is 0 Å². The molecule has 28 heavy (non-hydrogen) atoms. The molecule has 0 aliphatic rings. The van der Waals surface area contributed by atoms with Crippen molar-refractivity contribution in [2.75, 3.05) is 19.2 Å². The van der Waals surface area contributed by atoms with Crippen LogP contribution in [0.4, 0.5) is 5.69 Å². The van der Waals surface area contributed by atoms with Gasteiger partial charge in [0.2, 0.25) is 11.8 Å². The van der Waals surface area contributed by atoms with Crippen molar-refractivity contribution in [2.24, 2.45) is 0 Å². The van der Waals surface area contributed by atoms with Gasteiger partial charge in [0.15, 0.2) is 5.11 Å². The molecule has 0 atom stereocenters. The van der Waals surface area contributed by atoms with E-state index in [1.807, 2.05) is 6.07 Å². The SMILES string of the molecule is COc1cccc(OC)c1C=CC(=O)NC(=S)NN(C(C)=O)c1ccccc1. The molecule has 2 N–H and O–H groups in total. The average Bonchev–Trinajstić information content (AvgIpc) is 2.70. The molecule has 0 bridgehead atoms. The first kappa shape index (κ1) is 20.9. The summed E-state index contributed by atoms with van der Waals surface area (Å²) in [7, 11) is 3.07. The first-order valence-corrected chi connectivity index (χ1v) is 8.73. The van der Waals surface area contributed by atoms with E-state index in [4.69, 9.17) is 21.7 Å². The second-order valence-corrected chi connectivity index (χ2v) is 5.94. The summed E-state index contributed by atoms with van der Waals surface area (Å²) in [5, 5.41) is 3.73. The Kier molecular flexibility index (Phi) is 7.53. The van der Waals surface area contributed by atoms with Crippen LogP contribution in [0.3, 0.4) is 0 Å².